The summed E-state index contributed by atoms with van der Waals surface area (Å²) in [6, 6.07) is 15.8. The monoisotopic (exact) mass is 400 g/mol. The van der Waals surface area contributed by atoms with Gasteiger partial charge in [0.1, 0.15) is 11.5 Å². The first-order chi connectivity index (χ1) is 13.5. The molecule has 2 heterocycles. The number of hydrogen-bond acceptors (Lipinski definition) is 5. The molecule has 1 amide bonds. The second-order valence-electron chi connectivity index (χ2n) is 7.41. The summed E-state index contributed by atoms with van der Waals surface area (Å²) in [4.78, 5) is 15.0. The molecule has 2 aliphatic rings. The highest BCUT2D eigenvalue weighted by Crippen LogP contribution is 2.24. The van der Waals surface area contributed by atoms with E-state index in [9.17, 15) is 13.2 Å². The molecule has 2 fully saturated rings. The zero-order valence-electron chi connectivity index (χ0n) is 15.6. The molecule has 2 atom stereocenters. The fraction of sp³-hybridized carbons (Fsp3) is 0.381. The van der Waals surface area contributed by atoms with Crippen molar-refractivity contribution in [2.24, 2.45) is 0 Å². The van der Waals surface area contributed by atoms with Crippen molar-refractivity contribution in [3.63, 3.8) is 0 Å². The Morgan fingerprint density at radius 1 is 0.964 bits per heavy atom. The Morgan fingerprint density at radius 2 is 1.68 bits per heavy atom. The van der Waals surface area contributed by atoms with Gasteiger partial charge in [0.05, 0.1) is 17.5 Å². The van der Waals surface area contributed by atoms with E-state index < -0.39 is 9.84 Å². The lowest BCUT2D eigenvalue weighted by molar-refractivity contribution is 0.0918. The van der Waals surface area contributed by atoms with Crippen LogP contribution in [0.5, 0.6) is 11.5 Å². The highest BCUT2D eigenvalue weighted by molar-refractivity contribution is 7.91. The van der Waals surface area contributed by atoms with Crippen molar-refractivity contribution >= 4 is 15.7 Å². The first kappa shape index (κ1) is 19.0. The minimum atomic E-state index is -3.14. The maximum Gasteiger partial charge on any atom is 0.251 e. The average molecular weight is 401 g/mol. The van der Waals surface area contributed by atoms with Gasteiger partial charge in [-0.25, -0.2) is 8.42 Å². The summed E-state index contributed by atoms with van der Waals surface area (Å²) in [5.74, 6) is 1.10. The zero-order valence-corrected chi connectivity index (χ0v) is 16.4. The maximum atomic E-state index is 12.8. The number of nitrogens with zero attached hydrogens (tertiary/aromatic N) is 1. The molecular formula is C21H24N2O4S. The van der Waals surface area contributed by atoms with Gasteiger partial charge in [-0.05, 0) is 56.3 Å². The predicted molar refractivity (Wildman–Crippen MR) is 107 cm³/mol. The van der Waals surface area contributed by atoms with Crippen molar-refractivity contribution < 1.29 is 17.9 Å². The van der Waals surface area contributed by atoms with E-state index in [0.29, 0.717) is 17.1 Å². The van der Waals surface area contributed by atoms with Crippen LogP contribution in [-0.2, 0) is 9.84 Å². The summed E-state index contributed by atoms with van der Waals surface area (Å²) in [5.41, 5.74) is 0.456. The standard InChI is InChI=1S/C21H24N2O4S/c24-21(16-7-6-10-18(13-16)27-17-8-2-1-3-9-17)22-19-14-28(25,26)15-20(19)23-11-4-5-12-23/h1-3,6-10,13,19-20H,4-5,11-12,14-15H2,(H,22,24)/t19-,20+/m1/s1. The quantitative estimate of drug-likeness (QED) is 0.835. The highest BCUT2D eigenvalue weighted by atomic mass is 32.2. The Balaban J connectivity index is 1.47. The number of sulfone groups is 1. The number of carbonyl (C=O) groups excluding carboxylic acids is 1. The largest absolute Gasteiger partial charge is 0.457 e. The minimum Gasteiger partial charge on any atom is -0.457 e. The maximum absolute atomic E-state index is 12.8. The molecular weight excluding hydrogens is 376 g/mol. The Hall–Kier alpha value is -2.38. The summed E-state index contributed by atoms with van der Waals surface area (Å²) in [6.45, 7) is 1.79. The van der Waals surface area contributed by atoms with Crippen molar-refractivity contribution in [3.8, 4) is 11.5 Å². The normalized spacial score (nSPS) is 24.1. The molecule has 2 aromatic carbocycles. The van der Waals surface area contributed by atoms with Crippen molar-refractivity contribution in [2.45, 2.75) is 24.9 Å². The van der Waals surface area contributed by atoms with Crippen LogP contribution in [0.3, 0.4) is 0 Å². The molecule has 0 aliphatic carbocycles. The lowest BCUT2D eigenvalue weighted by Crippen LogP contribution is -2.50. The molecule has 2 saturated heterocycles. The van der Waals surface area contributed by atoms with Crippen molar-refractivity contribution in [3.05, 3.63) is 60.2 Å². The van der Waals surface area contributed by atoms with Crippen molar-refractivity contribution in [1.29, 1.82) is 0 Å². The zero-order chi connectivity index (χ0) is 19.6. The molecule has 0 saturated carbocycles. The Morgan fingerprint density at radius 3 is 2.43 bits per heavy atom. The highest BCUT2D eigenvalue weighted by Gasteiger charge is 2.42. The number of para-hydroxylation sites is 1. The summed E-state index contributed by atoms with van der Waals surface area (Å²) < 4.78 is 30.2. The topological polar surface area (TPSA) is 75.7 Å². The predicted octanol–water partition coefficient (Wildman–Crippen LogP) is 2.47. The van der Waals surface area contributed by atoms with Crippen molar-refractivity contribution in [1.82, 2.24) is 10.2 Å². The number of carbonyl (C=O) groups is 1. The number of hydrogen-bond donors (Lipinski definition) is 1. The second kappa shape index (κ2) is 7.93. The summed E-state index contributed by atoms with van der Waals surface area (Å²) in [6.07, 6.45) is 2.16. The van der Waals surface area contributed by atoms with Crippen LogP contribution >= 0.6 is 0 Å². The molecule has 2 aromatic rings. The van der Waals surface area contributed by atoms with Gasteiger partial charge in [0.2, 0.25) is 0 Å². The first-order valence-electron chi connectivity index (χ1n) is 9.58. The van der Waals surface area contributed by atoms with Gasteiger partial charge in [-0.1, -0.05) is 24.3 Å². The van der Waals surface area contributed by atoms with Gasteiger partial charge in [-0.2, -0.15) is 0 Å². The minimum absolute atomic E-state index is 0.000112. The van der Waals surface area contributed by atoms with E-state index in [1.54, 1.807) is 24.3 Å². The number of rotatable bonds is 5. The van der Waals surface area contributed by atoms with E-state index in [1.165, 1.54) is 0 Å². The molecule has 0 radical (unpaired) electrons. The van der Waals surface area contributed by atoms with Crippen LogP contribution in [-0.4, -0.2) is 55.9 Å². The van der Waals surface area contributed by atoms with Gasteiger partial charge < -0.3 is 10.1 Å². The van der Waals surface area contributed by atoms with E-state index in [2.05, 4.69) is 10.2 Å². The number of benzene rings is 2. The molecule has 1 N–H and O–H groups in total. The SMILES string of the molecule is O=C(N[C@@H]1CS(=O)(=O)C[C@@H]1N1CCCC1)c1cccc(Oc2ccccc2)c1. The fourth-order valence-corrected chi connectivity index (χ4v) is 5.93. The third-order valence-corrected chi connectivity index (χ3v) is 7.04. The molecule has 0 aromatic heterocycles. The van der Waals surface area contributed by atoms with Crippen LogP contribution in [0.25, 0.3) is 0 Å². The lowest BCUT2D eigenvalue weighted by atomic mass is 10.1. The van der Waals surface area contributed by atoms with Crippen LogP contribution in [0.4, 0.5) is 0 Å². The van der Waals surface area contributed by atoms with Crippen LogP contribution in [0, 0.1) is 0 Å². The summed E-state index contributed by atoms with van der Waals surface area (Å²) in [5, 5.41) is 2.95. The third kappa shape index (κ3) is 4.36. The number of amides is 1. The first-order valence-corrected chi connectivity index (χ1v) is 11.4. The fourth-order valence-electron chi connectivity index (χ4n) is 3.98. The summed E-state index contributed by atoms with van der Waals surface area (Å²) in [7, 11) is -3.14. The van der Waals surface area contributed by atoms with Gasteiger partial charge in [0.25, 0.3) is 5.91 Å². The Labute approximate surface area is 165 Å². The molecule has 4 rings (SSSR count). The van der Waals surface area contributed by atoms with Crippen molar-refractivity contribution in [2.75, 3.05) is 24.6 Å². The van der Waals surface area contributed by atoms with Gasteiger partial charge in [-0.15, -0.1) is 0 Å². The molecule has 0 spiro atoms. The van der Waals surface area contributed by atoms with Crippen LogP contribution in [0.15, 0.2) is 54.6 Å². The van der Waals surface area contributed by atoms with Gasteiger partial charge >= 0.3 is 0 Å². The molecule has 0 bridgehead atoms. The Kier molecular flexibility index (Phi) is 5.37. The molecule has 7 heteroatoms. The van der Waals surface area contributed by atoms with Gasteiger partial charge in [-0.3, -0.25) is 9.69 Å². The smallest absolute Gasteiger partial charge is 0.251 e. The van der Waals surface area contributed by atoms with E-state index in [4.69, 9.17) is 4.74 Å². The van der Waals surface area contributed by atoms with Crippen LogP contribution in [0.1, 0.15) is 23.2 Å². The van der Waals surface area contributed by atoms with Crippen LogP contribution < -0.4 is 10.1 Å². The molecule has 148 valence electrons. The van der Waals surface area contributed by atoms with Crippen LogP contribution in [0.2, 0.25) is 0 Å². The lowest BCUT2D eigenvalue weighted by Gasteiger charge is -2.28. The third-order valence-electron chi connectivity index (χ3n) is 5.32. The van der Waals surface area contributed by atoms with E-state index in [0.717, 1.165) is 25.9 Å². The average Bonchev–Trinajstić information content (AvgIpc) is 3.30. The van der Waals surface area contributed by atoms with Gasteiger partial charge in [0, 0.05) is 11.6 Å². The second-order valence-corrected chi connectivity index (χ2v) is 9.56. The molecule has 0 unspecified atom stereocenters. The van der Waals surface area contributed by atoms with Gasteiger partial charge in [0.15, 0.2) is 9.84 Å². The molecule has 2 aliphatic heterocycles. The molecule has 28 heavy (non-hydrogen) atoms. The number of likely N-dealkylation sites (tertiary alicyclic amines) is 1. The van der Waals surface area contributed by atoms with E-state index in [1.807, 2.05) is 30.3 Å². The summed E-state index contributed by atoms with van der Waals surface area (Å²) >= 11 is 0. The van der Waals surface area contributed by atoms with E-state index >= 15 is 0 Å². The molecule has 6 nitrogen and oxygen atoms in total. The number of nitrogens with one attached hydrogen (secondary N) is 1. The Bertz CT molecular complexity index is 940. The number of ether oxygens (including phenoxy) is 1. The van der Waals surface area contributed by atoms with E-state index in [-0.39, 0.29) is 29.5 Å².